The predicted molar refractivity (Wildman–Crippen MR) is 124 cm³/mol. The van der Waals surface area contributed by atoms with Crippen molar-refractivity contribution in [2.45, 2.75) is 149 Å². The average molecular weight is 397 g/mol. The first-order chi connectivity index (χ1) is 13.7. The summed E-state index contributed by atoms with van der Waals surface area (Å²) in [5.74, 6) is 0.568. The molecule has 2 nitrogen and oxygen atoms in total. The van der Waals surface area contributed by atoms with Gasteiger partial charge in [-0.2, -0.15) is 0 Å². The van der Waals surface area contributed by atoms with E-state index in [0.29, 0.717) is 18.9 Å². The average Bonchev–Trinajstić information content (AvgIpc) is 2.68. The Morgan fingerprint density at radius 1 is 0.607 bits per heavy atom. The van der Waals surface area contributed by atoms with Crippen LogP contribution in [0.4, 0.5) is 0 Å². The van der Waals surface area contributed by atoms with Crippen molar-refractivity contribution in [3.63, 3.8) is 0 Å². The molecule has 0 saturated carbocycles. The number of carbonyl (C=O) groups is 1. The Bertz CT molecular complexity index is 312. The molecular formula is C26H52O2. The van der Waals surface area contributed by atoms with Gasteiger partial charge in [-0.3, -0.25) is 4.79 Å². The second-order valence-corrected chi connectivity index (χ2v) is 9.16. The number of ether oxygens (including phenoxy) is 1. The zero-order valence-corrected chi connectivity index (χ0v) is 19.7. The summed E-state index contributed by atoms with van der Waals surface area (Å²) in [6.45, 7) is 7.20. The highest BCUT2D eigenvalue weighted by Crippen LogP contribution is 2.14. The van der Waals surface area contributed by atoms with Crippen LogP contribution >= 0.6 is 0 Å². The third kappa shape index (κ3) is 23.5. The van der Waals surface area contributed by atoms with Crippen molar-refractivity contribution in [3.8, 4) is 0 Å². The number of unbranched alkanes of at least 4 members (excludes halogenated alkanes) is 17. The van der Waals surface area contributed by atoms with E-state index in [0.717, 1.165) is 12.8 Å². The van der Waals surface area contributed by atoms with E-state index in [9.17, 15) is 4.79 Å². The Hall–Kier alpha value is -0.530. The van der Waals surface area contributed by atoms with Gasteiger partial charge < -0.3 is 4.74 Å². The Kier molecular flexibility index (Phi) is 22.3. The molecule has 0 saturated heterocycles. The lowest BCUT2D eigenvalue weighted by molar-refractivity contribution is -0.144. The van der Waals surface area contributed by atoms with Crippen molar-refractivity contribution >= 4 is 5.97 Å². The fourth-order valence-electron chi connectivity index (χ4n) is 3.67. The largest absolute Gasteiger partial charge is 0.466 e. The summed E-state index contributed by atoms with van der Waals surface area (Å²) in [6.07, 6.45) is 26.4. The second-order valence-electron chi connectivity index (χ2n) is 9.16. The predicted octanol–water partition coefficient (Wildman–Crippen LogP) is 9.01. The van der Waals surface area contributed by atoms with E-state index >= 15 is 0 Å². The van der Waals surface area contributed by atoms with Gasteiger partial charge in [-0.05, 0) is 18.8 Å². The maximum Gasteiger partial charge on any atom is 0.305 e. The van der Waals surface area contributed by atoms with Gasteiger partial charge in [0, 0.05) is 6.42 Å². The van der Waals surface area contributed by atoms with Gasteiger partial charge in [-0.25, -0.2) is 0 Å². The summed E-state index contributed by atoms with van der Waals surface area (Å²) in [7, 11) is 0. The maximum absolute atomic E-state index is 11.5. The van der Waals surface area contributed by atoms with Gasteiger partial charge in [0.1, 0.15) is 0 Å². The molecule has 0 N–H and O–H groups in total. The summed E-state index contributed by atoms with van der Waals surface area (Å²) in [4.78, 5) is 11.5. The van der Waals surface area contributed by atoms with Gasteiger partial charge in [-0.1, -0.05) is 130 Å². The lowest BCUT2D eigenvalue weighted by Crippen LogP contribution is -2.06. The van der Waals surface area contributed by atoms with Crippen molar-refractivity contribution in [1.29, 1.82) is 0 Å². The quantitative estimate of drug-likeness (QED) is 0.135. The molecule has 0 aliphatic carbocycles. The molecule has 0 spiro atoms. The molecule has 0 aliphatic heterocycles. The van der Waals surface area contributed by atoms with E-state index in [2.05, 4.69) is 20.8 Å². The molecule has 0 fully saturated rings. The molecule has 0 bridgehead atoms. The molecule has 0 radical (unpaired) electrons. The number of carbonyl (C=O) groups excluding carboxylic acids is 1. The molecule has 0 rings (SSSR count). The number of esters is 1. The molecular weight excluding hydrogens is 344 g/mol. The van der Waals surface area contributed by atoms with Gasteiger partial charge in [0.15, 0.2) is 0 Å². The molecule has 0 unspecified atom stereocenters. The molecule has 0 amide bonds. The molecule has 28 heavy (non-hydrogen) atoms. The molecule has 168 valence electrons. The summed E-state index contributed by atoms with van der Waals surface area (Å²) >= 11 is 0. The van der Waals surface area contributed by atoms with E-state index in [-0.39, 0.29) is 5.97 Å². The maximum atomic E-state index is 11.5. The zero-order valence-electron chi connectivity index (χ0n) is 19.7. The molecule has 0 aromatic rings. The second kappa shape index (κ2) is 22.8. The normalized spacial score (nSPS) is 11.3. The van der Waals surface area contributed by atoms with Gasteiger partial charge in [0.25, 0.3) is 0 Å². The molecule has 0 atom stereocenters. The van der Waals surface area contributed by atoms with Crippen LogP contribution in [-0.2, 0) is 9.53 Å². The first-order valence-corrected chi connectivity index (χ1v) is 12.8. The Labute approximate surface area is 177 Å². The number of hydrogen-bond donors (Lipinski definition) is 0. The highest BCUT2D eigenvalue weighted by molar-refractivity contribution is 5.69. The van der Waals surface area contributed by atoms with Gasteiger partial charge in [-0.15, -0.1) is 0 Å². The fraction of sp³-hybridized carbons (Fsp3) is 0.962. The van der Waals surface area contributed by atoms with E-state index in [1.54, 1.807) is 0 Å². The molecule has 0 heterocycles. The molecule has 0 aromatic heterocycles. The standard InChI is InChI=1S/C26H52O2/c1-4-5-6-7-8-9-10-11-12-13-14-15-16-17-18-19-20-21-24-28-26(27)23-22-25(2)3/h25H,4-24H2,1-3H3. The lowest BCUT2D eigenvalue weighted by atomic mass is 10.0. The molecule has 0 aromatic carbocycles. The topological polar surface area (TPSA) is 26.3 Å². The Morgan fingerprint density at radius 3 is 1.32 bits per heavy atom. The van der Waals surface area contributed by atoms with Crippen molar-refractivity contribution in [1.82, 2.24) is 0 Å². The van der Waals surface area contributed by atoms with Crippen LogP contribution in [0.25, 0.3) is 0 Å². The molecule has 2 heteroatoms. The minimum atomic E-state index is -0.0133. The first kappa shape index (κ1) is 27.5. The van der Waals surface area contributed by atoms with Crippen LogP contribution in [-0.4, -0.2) is 12.6 Å². The van der Waals surface area contributed by atoms with Crippen LogP contribution < -0.4 is 0 Å². The van der Waals surface area contributed by atoms with Crippen LogP contribution in [0.2, 0.25) is 0 Å². The van der Waals surface area contributed by atoms with Crippen molar-refractivity contribution in [2.24, 2.45) is 5.92 Å². The zero-order chi connectivity index (χ0) is 20.7. The molecule has 0 aliphatic rings. The summed E-state index contributed by atoms with van der Waals surface area (Å²) in [6, 6.07) is 0. The number of hydrogen-bond acceptors (Lipinski definition) is 2. The van der Waals surface area contributed by atoms with Crippen LogP contribution in [0.3, 0.4) is 0 Å². The third-order valence-corrected chi connectivity index (χ3v) is 5.69. The smallest absolute Gasteiger partial charge is 0.305 e. The van der Waals surface area contributed by atoms with E-state index in [1.165, 1.54) is 109 Å². The van der Waals surface area contributed by atoms with Crippen LogP contribution in [0, 0.1) is 5.92 Å². The van der Waals surface area contributed by atoms with E-state index < -0.39 is 0 Å². The lowest BCUT2D eigenvalue weighted by Gasteiger charge is -2.06. The van der Waals surface area contributed by atoms with Crippen LogP contribution in [0.5, 0.6) is 0 Å². The monoisotopic (exact) mass is 396 g/mol. The van der Waals surface area contributed by atoms with E-state index in [1.807, 2.05) is 0 Å². The summed E-state index contributed by atoms with van der Waals surface area (Å²) < 4.78 is 5.28. The highest BCUT2D eigenvalue weighted by Gasteiger charge is 2.04. The van der Waals surface area contributed by atoms with Crippen molar-refractivity contribution < 1.29 is 9.53 Å². The van der Waals surface area contributed by atoms with Gasteiger partial charge in [0.2, 0.25) is 0 Å². The SMILES string of the molecule is CCCCCCCCCCCCCCCCCCCCOC(=O)CCC(C)C. The van der Waals surface area contributed by atoms with Crippen molar-refractivity contribution in [2.75, 3.05) is 6.61 Å². The Morgan fingerprint density at radius 2 is 0.964 bits per heavy atom. The van der Waals surface area contributed by atoms with Crippen molar-refractivity contribution in [3.05, 3.63) is 0 Å². The third-order valence-electron chi connectivity index (χ3n) is 5.69. The summed E-state index contributed by atoms with van der Waals surface area (Å²) in [5.41, 5.74) is 0. The minimum absolute atomic E-state index is 0.0133. The summed E-state index contributed by atoms with van der Waals surface area (Å²) in [5, 5.41) is 0. The van der Waals surface area contributed by atoms with Gasteiger partial charge in [0.05, 0.1) is 6.61 Å². The minimum Gasteiger partial charge on any atom is -0.466 e. The Balaban J connectivity index is 3.07. The van der Waals surface area contributed by atoms with E-state index in [4.69, 9.17) is 4.74 Å². The number of rotatable bonds is 22. The first-order valence-electron chi connectivity index (χ1n) is 12.8. The fourth-order valence-corrected chi connectivity index (χ4v) is 3.67. The van der Waals surface area contributed by atoms with Gasteiger partial charge >= 0.3 is 5.97 Å². The van der Waals surface area contributed by atoms with Crippen LogP contribution in [0.15, 0.2) is 0 Å². The highest BCUT2D eigenvalue weighted by atomic mass is 16.5. The van der Waals surface area contributed by atoms with Crippen LogP contribution in [0.1, 0.15) is 149 Å².